The van der Waals surface area contributed by atoms with E-state index in [0.717, 1.165) is 5.56 Å². The maximum absolute atomic E-state index is 13.1. The van der Waals surface area contributed by atoms with E-state index in [-0.39, 0.29) is 23.4 Å². The number of benzene rings is 1. The normalized spacial score (nSPS) is 17.0. The fraction of sp³-hybridized carbons (Fsp3) is 0.333. The molecule has 0 radical (unpaired) electrons. The molecule has 2 N–H and O–H groups in total. The fourth-order valence-electron chi connectivity index (χ4n) is 3.81. The van der Waals surface area contributed by atoms with Gasteiger partial charge in [0.15, 0.2) is 0 Å². The minimum Gasteiger partial charge on any atom is -0.348 e. The van der Waals surface area contributed by atoms with Crippen molar-refractivity contribution in [3.8, 4) is 0 Å². The molecule has 1 amide bonds. The van der Waals surface area contributed by atoms with Crippen molar-refractivity contribution in [2.75, 3.05) is 32.7 Å². The Hall–Kier alpha value is -2.46. The van der Waals surface area contributed by atoms with E-state index in [9.17, 15) is 13.2 Å². The molecule has 164 valence electrons. The van der Waals surface area contributed by atoms with Gasteiger partial charge < -0.3 is 10.3 Å². The van der Waals surface area contributed by atoms with Gasteiger partial charge in [-0.05, 0) is 30.7 Å². The highest BCUT2D eigenvalue weighted by Gasteiger charge is 2.31. The van der Waals surface area contributed by atoms with Crippen molar-refractivity contribution in [3.63, 3.8) is 0 Å². The first-order valence-corrected chi connectivity index (χ1v) is 11.9. The van der Waals surface area contributed by atoms with Crippen LogP contribution in [0.5, 0.6) is 0 Å². The molecule has 1 aliphatic rings. The number of rotatable bonds is 6. The number of aromatic amines is 1. The van der Waals surface area contributed by atoms with Gasteiger partial charge in [0.1, 0.15) is 10.5 Å². The number of aromatic nitrogens is 2. The summed E-state index contributed by atoms with van der Waals surface area (Å²) in [6.07, 6.45) is 3.11. The lowest BCUT2D eigenvalue weighted by Gasteiger charge is -2.33. The van der Waals surface area contributed by atoms with Crippen molar-refractivity contribution in [1.82, 2.24) is 24.5 Å². The Kier molecular flexibility index (Phi) is 6.29. The largest absolute Gasteiger partial charge is 0.348 e. The third kappa shape index (κ3) is 4.59. The van der Waals surface area contributed by atoms with Crippen LogP contribution >= 0.6 is 11.6 Å². The highest BCUT2D eigenvalue weighted by Crippen LogP contribution is 2.25. The molecule has 0 saturated carbocycles. The molecular formula is C21H24ClN5O3S. The zero-order chi connectivity index (χ0) is 22.0. The molecule has 3 heterocycles. The van der Waals surface area contributed by atoms with E-state index >= 15 is 0 Å². The number of carbonyl (C=O) groups is 1. The zero-order valence-corrected chi connectivity index (χ0v) is 18.7. The Labute approximate surface area is 186 Å². The SMILES string of the molecule is CC(NC(=O)CN1CCN(S(=O)(=O)c2c[nH]c3ncccc23)CC1)c1ccccc1Cl. The second-order valence-electron chi connectivity index (χ2n) is 7.54. The van der Waals surface area contributed by atoms with Gasteiger partial charge in [-0.1, -0.05) is 29.8 Å². The van der Waals surface area contributed by atoms with Crippen LogP contribution in [0.15, 0.2) is 53.7 Å². The van der Waals surface area contributed by atoms with Crippen LogP contribution in [-0.2, 0) is 14.8 Å². The van der Waals surface area contributed by atoms with Gasteiger partial charge in [0.05, 0.1) is 12.6 Å². The summed E-state index contributed by atoms with van der Waals surface area (Å²) in [4.78, 5) is 21.7. The lowest BCUT2D eigenvalue weighted by molar-refractivity contribution is -0.123. The molecule has 2 aromatic heterocycles. The summed E-state index contributed by atoms with van der Waals surface area (Å²) in [6, 6.07) is 10.7. The smallest absolute Gasteiger partial charge is 0.245 e. The van der Waals surface area contributed by atoms with E-state index < -0.39 is 10.0 Å². The number of H-pyrrole nitrogens is 1. The summed E-state index contributed by atoms with van der Waals surface area (Å²) < 4.78 is 27.6. The second kappa shape index (κ2) is 8.96. The van der Waals surface area contributed by atoms with E-state index in [4.69, 9.17) is 11.6 Å². The topological polar surface area (TPSA) is 98.4 Å². The summed E-state index contributed by atoms with van der Waals surface area (Å²) in [5.74, 6) is -0.119. The zero-order valence-electron chi connectivity index (χ0n) is 17.1. The number of nitrogens with zero attached hydrogens (tertiary/aromatic N) is 3. The minimum atomic E-state index is -3.64. The molecule has 0 bridgehead atoms. The van der Waals surface area contributed by atoms with Crippen LogP contribution in [0.4, 0.5) is 0 Å². The molecule has 8 nitrogen and oxygen atoms in total. The Bertz CT molecular complexity index is 1190. The number of hydrogen-bond donors (Lipinski definition) is 2. The summed E-state index contributed by atoms with van der Waals surface area (Å²) in [5, 5.41) is 4.15. The van der Waals surface area contributed by atoms with Gasteiger partial charge in [-0.3, -0.25) is 9.69 Å². The van der Waals surface area contributed by atoms with Crippen LogP contribution in [0.1, 0.15) is 18.5 Å². The Morgan fingerprint density at radius 2 is 1.94 bits per heavy atom. The highest BCUT2D eigenvalue weighted by molar-refractivity contribution is 7.89. The average Bonchev–Trinajstić information content (AvgIpc) is 3.19. The first-order chi connectivity index (χ1) is 14.9. The number of nitrogens with one attached hydrogen (secondary N) is 2. The molecule has 1 fully saturated rings. The van der Waals surface area contributed by atoms with Crippen molar-refractivity contribution in [3.05, 3.63) is 59.4 Å². The first-order valence-electron chi connectivity index (χ1n) is 10.0. The molecule has 1 unspecified atom stereocenters. The van der Waals surface area contributed by atoms with E-state index in [1.165, 1.54) is 10.5 Å². The predicted molar refractivity (Wildman–Crippen MR) is 119 cm³/mol. The molecule has 10 heteroatoms. The lowest BCUT2D eigenvalue weighted by atomic mass is 10.1. The van der Waals surface area contributed by atoms with Gasteiger partial charge in [0.2, 0.25) is 15.9 Å². The average molecular weight is 462 g/mol. The number of piperazine rings is 1. The quantitative estimate of drug-likeness (QED) is 0.587. The second-order valence-corrected chi connectivity index (χ2v) is 9.86. The van der Waals surface area contributed by atoms with E-state index in [0.29, 0.717) is 42.2 Å². The summed E-state index contributed by atoms with van der Waals surface area (Å²) >= 11 is 6.20. The summed E-state index contributed by atoms with van der Waals surface area (Å²) in [5.41, 5.74) is 1.41. The van der Waals surface area contributed by atoms with Crippen LogP contribution in [0.25, 0.3) is 11.0 Å². The van der Waals surface area contributed by atoms with Gasteiger partial charge in [-0.2, -0.15) is 4.31 Å². The molecule has 31 heavy (non-hydrogen) atoms. The van der Waals surface area contributed by atoms with Gasteiger partial charge >= 0.3 is 0 Å². The predicted octanol–water partition coefficient (Wildman–Crippen LogP) is 2.40. The lowest BCUT2D eigenvalue weighted by Crippen LogP contribution is -2.51. The van der Waals surface area contributed by atoms with Crippen LogP contribution < -0.4 is 5.32 Å². The van der Waals surface area contributed by atoms with E-state index in [2.05, 4.69) is 15.3 Å². The van der Waals surface area contributed by atoms with Crippen molar-refractivity contribution in [1.29, 1.82) is 0 Å². The van der Waals surface area contributed by atoms with Crippen molar-refractivity contribution in [2.24, 2.45) is 0 Å². The number of hydrogen-bond acceptors (Lipinski definition) is 5. The highest BCUT2D eigenvalue weighted by atomic mass is 35.5. The maximum atomic E-state index is 13.1. The first kappa shape index (κ1) is 21.8. The number of halogens is 1. The third-order valence-corrected chi connectivity index (χ3v) is 7.76. The van der Waals surface area contributed by atoms with E-state index in [1.807, 2.05) is 30.0 Å². The Balaban J connectivity index is 1.34. The summed E-state index contributed by atoms with van der Waals surface area (Å²) in [7, 11) is -3.64. The van der Waals surface area contributed by atoms with Crippen molar-refractivity contribution >= 4 is 38.6 Å². The van der Waals surface area contributed by atoms with Gasteiger partial charge in [0.25, 0.3) is 0 Å². The van der Waals surface area contributed by atoms with Gasteiger partial charge in [-0.15, -0.1) is 0 Å². The number of pyridine rings is 1. The minimum absolute atomic E-state index is 0.119. The van der Waals surface area contributed by atoms with Gasteiger partial charge in [-0.25, -0.2) is 13.4 Å². The van der Waals surface area contributed by atoms with Gasteiger partial charge in [0, 0.05) is 49.0 Å². The molecule has 0 spiro atoms. The van der Waals surface area contributed by atoms with E-state index in [1.54, 1.807) is 24.4 Å². The van der Waals surface area contributed by atoms with Crippen LogP contribution in [0, 0.1) is 0 Å². The standard InChI is InChI=1S/C21H24ClN5O3S/c1-15(16-5-2-3-7-18(16)22)25-20(28)14-26-9-11-27(12-10-26)31(29,30)19-13-24-21-17(19)6-4-8-23-21/h2-8,13,15H,9-12,14H2,1H3,(H,23,24)(H,25,28). The number of fused-ring (bicyclic) bond motifs is 1. The number of carbonyl (C=O) groups excluding carboxylic acids is 1. The fourth-order valence-corrected chi connectivity index (χ4v) is 5.68. The third-order valence-electron chi connectivity index (χ3n) is 5.48. The molecule has 1 aromatic carbocycles. The molecule has 0 aliphatic carbocycles. The monoisotopic (exact) mass is 461 g/mol. The Morgan fingerprint density at radius 1 is 1.19 bits per heavy atom. The molecule has 1 aliphatic heterocycles. The molecule has 1 saturated heterocycles. The van der Waals surface area contributed by atoms with Crippen molar-refractivity contribution in [2.45, 2.75) is 17.9 Å². The number of sulfonamides is 1. The van der Waals surface area contributed by atoms with Crippen LogP contribution in [0.3, 0.4) is 0 Å². The summed E-state index contributed by atoms with van der Waals surface area (Å²) in [6.45, 7) is 3.70. The molecule has 4 rings (SSSR count). The molecule has 1 atom stereocenters. The van der Waals surface area contributed by atoms with Crippen molar-refractivity contribution < 1.29 is 13.2 Å². The van der Waals surface area contributed by atoms with Crippen LogP contribution in [0.2, 0.25) is 5.02 Å². The molecular weight excluding hydrogens is 438 g/mol. The Morgan fingerprint density at radius 3 is 2.68 bits per heavy atom. The molecule has 3 aromatic rings. The maximum Gasteiger partial charge on any atom is 0.245 e. The number of amides is 1. The van der Waals surface area contributed by atoms with Crippen LogP contribution in [-0.4, -0.2) is 66.2 Å².